The van der Waals surface area contributed by atoms with Gasteiger partial charge in [-0.2, -0.15) is 0 Å². The van der Waals surface area contributed by atoms with Crippen LogP contribution in [0.15, 0.2) is 46.5 Å². The summed E-state index contributed by atoms with van der Waals surface area (Å²) in [7, 11) is -3.56. The largest absolute Gasteiger partial charge is 0.280 e. The molecule has 0 saturated heterocycles. The van der Waals surface area contributed by atoms with Crippen molar-refractivity contribution in [2.45, 2.75) is 31.1 Å². The van der Waals surface area contributed by atoms with Crippen LogP contribution < -0.4 is 5.56 Å². The van der Waals surface area contributed by atoms with Gasteiger partial charge in [0.1, 0.15) is 0 Å². The summed E-state index contributed by atoms with van der Waals surface area (Å²) < 4.78 is 27.3. The van der Waals surface area contributed by atoms with Gasteiger partial charge in [-0.15, -0.1) is 0 Å². The molecule has 0 spiro atoms. The standard InChI is InChI=1S/C18H17ClN4O3S/c1-27(25,26)18-20-8-7-15(21-18)16-13(11-12-5-2-3-6-14(12)19)17(24)23-10-4-9-22(16)23/h2-3,5-8H,4,9-11H2,1H3. The lowest BCUT2D eigenvalue weighted by Gasteiger charge is -2.09. The normalized spacial score (nSPS) is 13.7. The molecule has 0 unspecified atom stereocenters. The fraction of sp³-hybridized carbons (Fsp3) is 0.278. The zero-order valence-electron chi connectivity index (χ0n) is 14.6. The predicted octanol–water partition coefficient (Wildman–Crippen LogP) is 2.16. The number of fused-ring (bicyclic) bond motifs is 1. The van der Waals surface area contributed by atoms with Crippen molar-refractivity contribution in [3.05, 3.63) is 63.0 Å². The fourth-order valence-electron chi connectivity index (χ4n) is 3.40. The number of sulfone groups is 1. The van der Waals surface area contributed by atoms with E-state index >= 15 is 0 Å². The molecule has 2 aromatic heterocycles. The number of hydrogen-bond donors (Lipinski definition) is 0. The third-order valence-electron chi connectivity index (χ3n) is 4.60. The van der Waals surface area contributed by atoms with Crippen LogP contribution in [0, 0.1) is 0 Å². The van der Waals surface area contributed by atoms with Crippen molar-refractivity contribution < 1.29 is 8.42 Å². The maximum absolute atomic E-state index is 13.0. The monoisotopic (exact) mass is 404 g/mol. The highest BCUT2D eigenvalue weighted by Crippen LogP contribution is 2.28. The second-order valence-electron chi connectivity index (χ2n) is 6.50. The van der Waals surface area contributed by atoms with Gasteiger partial charge in [0, 0.05) is 37.0 Å². The molecule has 0 saturated carbocycles. The zero-order chi connectivity index (χ0) is 19.2. The Kier molecular flexibility index (Phi) is 4.39. The van der Waals surface area contributed by atoms with Crippen LogP contribution in [0.3, 0.4) is 0 Å². The molecule has 7 nitrogen and oxygen atoms in total. The van der Waals surface area contributed by atoms with Gasteiger partial charge in [-0.3, -0.25) is 9.48 Å². The zero-order valence-corrected chi connectivity index (χ0v) is 16.2. The summed E-state index contributed by atoms with van der Waals surface area (Å²) in [6.07, 6.45) is 3.66. The number of hydrogen-bond acceptors (Lipinski definition) is 5. The van der Waals surface area contributed by atoms with Crippen LogP contribution in [0.25, 0.3) is 11.4 Å². The van der Waals surface area contributed by atoms with Gasteiger partial charge >= 0.3 is 0 Å². The summed E-state index contributed by atoms with van der Waals surface area (Å²) in [6, 6.07) is 8.99. The van der Waals surface area contributed by atoms with Crippen LogP contribution in [0.5, 0.6) is 0 Å². The molecule has 3 heterocycles. The summed E-state index contributed by atoms with van der Waals surface area (Å²) in [5.74, 6) is 0. The molecule has 27 heavy (non-hydrogen) atoms. The van der Waals surface area contributed by atoms with E-state index in [1.807, 2.05) is 22.9 Å². The van der Waals surface area contributed by atoms with Crippen molar-refractivity contribution in [1.29, 1.82) is 0 Å². The highest BCUT2D eigenvalue weighted by molar-refractivity contribution is 7.90. The molecule has 0 radical (unpaired) electrons. The molecule has 1 aliphatic rings. The van der Waals surface area contributed by atoms with Gasteiger partial charge in [0.25, 0.3) is 5.56 Å². The Morgan fingerprint density at radius 1 is 1.15 bits per heavy atom. The van der Waals surface area contributed by atoms with Crippen LogP contribution in [-0.2, 0) is 29.3 Å². The minimum absolute atomic E-state index is 0.0954. The fourth-order valence-corrected chi connectivity index (χ4v) is 4.12. The first-order chi connectivity index (χ1) is 12.9. The average Bonchev–Trinajstić information content (AvgIpc) is 3.19. The molecular formula is C18H17ClN4O3S. The first kappa shape index (κ1) is 17.9. The van der Waals surface area contributed by atoms with Gasteiger partial charge in [-0.1, -0.05) is 29.8 Å². The van der Waals surface area contributed by atoms with Crippen LogP contribution >= 0.6 is 11.6 Å². The molecule has 0 aliphatic carbocycles. The third kappa shape index (κ3) is 3.19. The number of benzene rings is 1. The van der Waals surface area contributed by atoms with Crippen LogP contribution in [0.1, 0.15) is 17.5 Å². The summed E-state index contributed by atoms with van der Waals surface area (Å²) in [4.78, 5) is 21.1. The lowest BCUT2D eigenvalue weighted by molar-refractivity contribution is 0.590. The third-order valence-corrected chi connectivity index (χ3v) is 5.83. The number of halogens is 1. The topological polar surface area (TPSA) is 86.9 Å². The second-order valence-corrected chi connectivity index (χ2v) is 8.81. The van der Waals surface area contributed by atoms with Crippen LogP contribution in [0.2, 0.25) is 5.02 Å². The van der Waals surface area contributed by atoms with E-state index in [1.54, 1.807) is 16.8 Å². The van der Waals surface area contributed by atoms with E-state index in [9.17, 15) is 13.2 Å². The molecule has 4 rings (SSSR count). The van der Waals surface area contributed by atoms with E-state index in [0.29, 0.717) is 41.5 Å². The molecule has 0 N–H and O–H groups in total. The lowest BCUT2D eigenvalue weighted by atomic mass is 10.0. The second kappa shape index (κ2) is 6.61. The quantitative estimate of drug-likeness (QED) is 0.622. The highest BCUT2D eigenvalue weighted by Gasteiger charge is 2.26. The first-order valence-corrected chi connectivity index (χ1v) is 10.7. The molecule has 0 bridgehead atoms. The maximum Gasteiger partial charge on any atom is 0.270 e. The van der Waals surface area contributed by atoms with Gasteiger partial charge in [0.2, 0.25) is 15.0 Å². The van der Waals surface area contributed by atoms with E-state index in [0.717, 1.165) is 18.2 Å². The van der Waals surface area contributed by atoms with Crippen molar-refractivity contribution in [1.82, 2.24) is 19.3 Å². The Hall–Kier alpha value is -2.45. The van der Waals surface area contributed by atoms with E-state index in [4.69, 9.17) is 11.6 Å². The summed E-state index contributed by atoms with van der Waals surface area (Å²) in [5.41, 5.74) is 2.35. The Morgan fingerprint density at radius 3 is 2.63 bits per heavy atom. The van der Waals surface area contributed by atoms with E-state index < -0.39 is 9.84 Å². The van der Waals surface area contributed by atoms with Gasteiger partial charge in [0.15, 0.2) is 0 Å². The Labute approximate surface area is 161 Å². The lowest BCUT2D eigenvalue weighted by Crippen LogP contribution is -2.18. The summed E-state index contributed by atoms with van der Waals surface area (Å²) in [6.45, 7) is 1.30. The van der Waals surface area contributed by atoms with Gasteiger partial charge in [0.05, 0.1) is 17.0 Å². The first-order valence-electron chi connectivity index (χ1n) is 8.45. The van der Waals surface area contributed by atoms with Crippen LogP contribution in [-0.4, -0.2) is 34.0 Å². The molecule has 1 aliphatic heterocycles. The van der Waals surface area contributed by atoms with Gasteiger partial charge in [-0.25, -0.2) is 23.1 Å². The summed E-state index contributed by atoms with van der Waals surface area (Å²) >= 11 is 6.28. The average molecular weight is 405 g/mol. The SMILES string of the molecule is CS(=O)(=O)c1nccc(-c2c(Cc3ccccc3Cl)c(=O)n3n2CCC3)n1. The van der Waals surface area contributed by atoms with Crippen LogP contribution in [0.4, 0.5) is 0 Å². The molecule has 1 aromatic carbocycles. The van der Waals surface area contributed by atoms with Crippen molar-refractivity contribution in [2.75, 3.05) is 6.26 Å². The van der Waals surface area contributed by atoms with E-state index in [2.05, 4.69) is 9.97 Å². The van der Waals surface area contributed by atoms with Gasteiger partial charge < -0.3 is 0 Å². The Bertz CT molecular complexity index is 1200. The molecule has 0 amide bonds. The molecule has 140 valence electrons. The highest BCUT2D eigenvalue weighted by atomic mass is 35.5. The molecule has 3 aromatic rings. The van der Waals surface area contributed by atoms with Crippen molar-refractivity contribution in [3.63, 3.8) is 0 Å². The molecule has 0 fully saturated rings. The number of aromatic nitrogens is 4. The number of nitrogens with zero attached hydrogens (tertiary/aromatic N) is 4. The molecule has 0 atom stereocenters. The summed E-state index contributed by atoms with van der Waals surface area (Å²) in [5, 5.41) is 0.327. The van der Waals surface area contributed by atoms with Gasteiger partial charge in [-0.05, 0) is 24.1 Å². The minimum Gasteiger partial charge on any atom is -0.280 e. The molecular weight excluding hydrogens is 388 g/mol. The number of rotatable bonds is 4. The van der Waals surface area contributed by atoms with Crippen molar-refractivity contribution in [2.24, 2.45) is 0 Å². The maximum atomic E-state index is 13.0. The molecule has 9 heteroatoms. The van der Waals surface area contributed by atoms with E-state index in [-0.39, 0.29) is 10.7 Å². The minimum atomic E-state index is -3.56. The smallest absolute Gasteiger partial charge is 0.270 e. The van der Waals surface area contributed by atoms with E-state index in [1.165, 1.54) is 6.20 Å². The van der Waals surface area contributed by atoms with Crippen molar-refractivity contribution in [3.8, 4) is 11.4 Å². The Morgan fingerprint density at radius 2 is 1.89 bits per heavy atom. The Balaban J connectivity index is 1.92. The predicted molar refractivity (Wildman–Crippen MR) is 102 cm³/mol. The van der Waals surface area contributed by atoms with Crippen molar-refractivity contribution >= 4 is 21.4 Å².